The summed E-state index contributed by atoms with van der Waals surface area (Å²) in [6.45, 7) is 5.65. The van der Waals surface area contributed by atoms with Gasteiger partial charge in [0.1, 0.15) is 17.9 Å². The van der Waals surface area contributed by atoms with E-state index in [1.54, 1.807) is 13.8 Å². The second-order valence-corrected chi connectivity index (χ2v) is 8.73. The number of halogens is 1. The van der Waals surface area contributed by atoms with Crippen LogP contribution >= 0.6 is 23.4 Å². The van der Waals surface area contributed by atoms with Crippen molar-refractivity contribution < 1.29 is 19.3 Å². The minimum absolute atomic E-state index is 0.0637. The molecule has 2 fully saturated rings. The van der Waals surface area contributed by atoms with Gasteiger partial charge in [-0.25, -0.2) is 15.0 Å². The molecule has 10 nitrogen and oxygen atoms in total. The summed E-state index contributed by atoms with van der Waals surface area (Å²) >= 11 is 7.61. The molecule has 0 unspecified atom stereocenters. The van der Waals surface area contributed by atoms with Crippen LogP contribution < -0.4 is 10.7 Å². The van der Waals surface area contributed by atoms with Crippen LogP contribution in [0.25, 0.3) is 0 Å². The van der Waals surface area contributed by atoms with Crippen LogP contribution in [-0.4, -0.2) is 64.2 Å². The van der Waals surface area contributed by atoms with Crippen molar-refractivity contribution >= 4 is 34.9 Å². The number of anilines is 2. The Bertz CT molecular complexity index is 742. The lowest BCUT2D eigenvalue weighted by Crippen LogP contribution is -2.41. The number of ether oxygens (including phenoxy) is 3. The number of nitrogens with zero attached hydrogens (tertiary/aromatic N) is 4. The van der Waals surface area contributed by atoms with Crippen LogP contribution in [0.15, 0.2) is 10.4 Å². The summed E-state index contributed by atoms with van der Waals surface area (Å²) in [5.74, 6) is 0.0868. The molecule has 0 aromatic carbocycles. The van der Waals surface area contributed by atoms with E-state index >= 15 is 0 Å². The summed E-state index contributed by atoms with van der Waals surface area (Å²) in [7, 11) is 0. The van der Waals surface area contributed by atoms with E-state index in [1.807, 2.05) is 6.92 Å². The quantitative estimate of drug-likeness (QED) is 0.191. The number of aromatic nitrogens is 2. The maximum atomic E-state index is 11.9. The van der Waals surface area contributed by atoms with Gasteiger partial charge < -0.3 is 25.1 Å². The van der Waals surface area contributed by atoms with Crippen LogP contribution in [0.3, 0.4) is 0 Å². The minimum atomic E-state index is -0.847. The van der Waals surface area contributed by atoms with Crippen LogP contribution in [0.1, 0.15) is 33.6 Å². The molecule has 2 heterocycles. The Morgan fingerprint density at radius 2 is 2.14 bits per heavy atom. The molecule has 1 aromatic heterocycles. The fraction of sp³-hybridized carbons (Fsp3) is 0.765. The number of hydrogen-bond acceptors (Lipinski definition) is 10. The summed E-state index contributed by atoms with van der Waals surface area (Å²) in [5, 5.41) is 14.0. The van der Waals surface area contributed by atoms with E-state index in [4.69, 9.17) is 36.7 Å². The second-order valence-electron chi connectivity index (χ2n) is 7.31. The molecule has 12 heteroatoms. The Kier molecular flexibility index (Phi) is 7.18. The number of fused-ring (bicyclic) bond motifs is 1. The van der Waals surface area contributed by atoms with E-state index < -0.39 is 24.0 Å². The van der Waals surface area contributed by atoms with Crippen LogP contribution in [0.2, 0.25) is 5.15 Å². The molecule has 0 amide bonds. The number of nitrogens with two attached hydrogens (primary N) is 1. The third kappa shape index (κ3) is 4.75. The van der Waals surface area contributed by atoms with E-state index in [1.165, 1.54) is 16.8 Å². The van der Waals surface area contributed by atoms with Crippen molar-refractivity contribution in [2.45, 2.75) is 68.9 Å². The number of thioether (sulfide) groups is 1. The second kappa shape index (κ2) is 9.27. The largest absolute Gasteiger partial charge is 0.394 e. The maximum absolute atomic E-state index is 11.9. The number of nitrogen functional groups attached to an aromatic ring is 1. The summed E-state index contributed by atoms with van der Waals surface area (Å²) < 4.78 is 17.7. The number of aliphatic hydroxyl groups excluding tert-OH is 1. The van der Waals surface area contributed by atoms with Gasteiger partial charge in [0.15, 0.2) is 21.9 Å². The Hall–Kier alpha value is -1.24. The van der Waals surface area contributed by atoms with E-state index in [0.717, 1.165) is 12.2 Å². The summed E-state index contributed by atoms with van der Waals surface area (Å²) in [5.41, 5.74) is 6.16. The molecule has 162 valence electrons. The third-order valence-electron chi connectivity index (χ3n) is 4.72. The van der Waals surface area contributed by atoms with E-state index in [9.17, 15) is 4.91 Å². The summed E-state index contributed by atoms with van der Waals surface area (Å²) in [6.07, 6.45) is 0.0212. The number of nitroso groups, excluding NO2 is 1. The minimum Gasteiger partial charge on any atom is -0.394 e. The van der Waals surface area contributed by atoms with Gasteiger partial charge in [0.2, 0.25) is 0 Å². The molecule has 29 heavy (non-hydrogen) atoms. The highest BCUT2D eigenvalue weighted by molar-refractivity contribution is 7.99. The number of rotatable bonds is 9. The fourth-order valence-corrected chi connectivity index (χ4v) is 4.52. The van der Waals surface area contributed by atoms with Crippen LogP contribution in [0.4, 0.5) is 11.5 Å². The van der Waals surface area contributed by atoms with Crippen molar-refractivity contribution in [3.8, 4) is 0 Å². The standard InChI is InChI=1S/C17H26ClN5O5S/c1-4-7-29-16-20-14(18)11(19)15(21-16)23(22-25)9-8-10(26-6-5-24)13-12(9)27-17(2,3)28-13/h9-10,12-13,24H,4-8,19H2,1-3H3/t9-,10+,12+,13-/m1/s1. The summed E-state index contributed by atoms with van der Waals surface area (Å²) in [6, 6.07) is -0.528. The van der Waals surface area contributed by atoms with E-state index in [2.05, 4.69) is 15.3 Å². The molecule has 0 radical (unpaired) electrons. The Labute approximate surface area is 178 Å². The van der Waals surface area contributed by atoms with Gasteiger partial charge in [0.05, 0.1) is 30.6 Å². The molecule has 1 saturated heterocycles. The first kappa shape index (κ1) is 22.4. The molecule has 3 N–H and O–H groups in total. The highest BCUT2D eigenvalue weighted by Crippen LogP contribution is 2.44. The molecule has 3 rings (SSSR count). The molecule has 1 saturated carbocycles. The highest BCUT2D eigenvalue weighted by atomic mass is 35.5. The van der Waals surface area contributed by atoms with E-state index in [0.29, 0.717) is 11.6 Å². The van der Waals surface area contributed by atoms with Gasteiger partial charge in [-0.15, -0.1) is 4.91 Å². The van der Waals surface area contributed by atoms with Gasteiger partial charge in [-0.2, -0.15) is 0 Å². The van der Waals surface area contributed by atoms with Gasteiger partial charge in [-0.1, -0.05) is 30.3 Å². The van der Waals surface area contributed by atoms with Crippen molar-refractivity contribution in [1.29, 1.82) is 0 Å². The van der Waals surface area contributed by atoms with Gasteiger partial charge in [-0.05, 0) is 20.3 Å². The van der Waals surface area contributed by atoms with Crippen molar-refractivity contribution in [2.24, 2.45) is 5.29 Å². The fourth-order valence-electron chi connectivity index (χ4n) is 3.62. The zero-order valence-electron chi connectivity index (χ0n) is 16.6. The first-order valence-electron chi connectivity index (χ1n) is 9.47. The van der Waals surface area contributed by atoms with Crippen molar-refractivity contribution in [1.82, 2.24) is 9.97 Å². The van der Waals surface area contributed by atoms with Gasteiger partial charge in [-0.3, -0.25) is 0 Å². The molecule has 1 aliphatic heterocycles. The van der Waals surface area contributed by atoms with Gasteiger partial charge >= 0.3 is 0 Å². The Morgan fingerprint density at radius 3 is 2.79 bits per heavy atom. The topological polar surface area (TPSA) is 132 Å². The molecule has 0 bridgehead atoms. The first-order valence-corrected chi connectivity index (χ1v) is 10.8. The molecule has 2 aliphatic rings. The lowest BCUT2D eigenvalue weighted by atomic mass is 10.2. The first-order chi connectivity index (χ1) is 13.8. The molecule has 4 atom stereocenters. The van der Waals surface area contributed by atoms with Gasteiger partial charge in [0.25, 0.3) is 0 Å². The maximum Gasteiger partial charge on any atom is 0.191 e. The zero-order chi connectivity index (χ0) is 21.2. The molecule has 1 aromatic rings. The van der Waals surface area contributed by atoms with Crippen LogP contribution in [0.5, 0.6) is 0 Å². The van der Waals surface area contributed by atoms with Crippen molar-refractivity contribution in [3.63, 3.8) is 0 Å². The molecule has 1 aliphatic carbocycles. The number of hydrogen-bond donors (Lipinski definition) is 2. The molecule has 0 spiro atoms. The van der Waals surface area contributed by atoms with Crippen LogP contribution in [0, 0.1) is 4.91 Å². The lowest BCUT2D eigenvalue weighted by molar-refractivity contribution is -0.168. The zero-order valence-corrected chi connectivity index (χ0v) is 18.1. The third-order valence-corrected chi connectivity index (χ3v) is 6.06. The van der Waals surface area contributed by atoms with E-state index in [-0.39, 0.29) is 36.0 Å². The average molecular weight is 448 g/mol. The summed E-state index contributed by atoms with van der Waals surface area (Å²) in [4.78, 5) is 20.5. The monoisotopic (exact) mass is 447 g/mol. The Balaban J connectivity index is 1.93. The van der Waals surface area contributed by atoms with Crippen molar-refractivity contribution in [2.75, 3.05) is 29.7 Å². The highest BCUT2D eigenvalue weighted by Gasteiger charge is 2.57. The van der Waals surface area contributed by atoms with Crippen LogP contribution in [-0.2, 0) is 14.2 Å². The average Bonchev–Trinajstić information content (AvgIpc) is 3.16. The van der Waals surface area contributed by atoms with Crippen molar-refractivity contribution in [3.05, 3.63) is 10.1 Å². The predicted molar refractivity (Wildman–Crippen MR) is 110 cm³/mol. The molecular formula is C17H26ClN5O5S. The van der Waals surface area contributed by atoms with Gasteiger partial charge in [0, 0.05) is 12.2 Å². The smallest absolute Gasteiger partial charge is 0.191 e. The SMILES string of the molecule is CCCSc1nc(Cl)c(N)c(N(N=O)[C@@H]2C[C@H](OCCO)[C@H]3OC(C)(C)O[C@H]32)n1. The number of aliphatic hydroxyl groups is 1. The molecular weight excluding hydrogens is 422 g/mol. The Morgan fingerprint density at radius 1 is 1.41 bits per heavy atom. The lowest BCUT2D eigenvalue weighted by Gasteiger charge is -2.28. The normalized spacial score (nSPS) is 27.8. The predicted octanol–water partition coefficient (Wildman–Crippen LogP) is 2.37.